The summed E-state index contributed by atoms with van der Waals surface area (Å²) in [4.78, 5) is 29.4. The first-order valence-corrected chi connectivity index (χ1v) is 9.36. The third-order valence-electron chi connectivity index (χ3n) is 5.16. The largest absolute Gasteiger partial charge is 0.336 e. The predicted molar refractivity (Wildman–Crippen MR) is 105 cm³/mol. The van der Waals surface area contributed by atoms with Gasteiger partial charge >= 0.3 is 0 Å². The van der Waals surface area contributed by atoms with Gasteiger partial charge in [0, 0.05) is 36.4 Å². The molecule has 1 unspecified atom stereocenters. The molecule has 0 saturated carbocycles. The Morgan fingerprint density at radius 2 is 1.77 bits per heavy atom. The van der Waals surface area contributed by atoms with Crippen LogP contribution in [0.1, 0.15) is 53.3 Å². The fourth-order valence-corrected chi connectivity index (χ4v) is 3.61. The Hall–Kier alpha value is -2.62. The number of anilines is 1. The molecule has 136 valence electrons. The molecule has 4 nitrogen and oxygen atoms in total. The van der Waals surface area contributed by atoms with E-state index in [2.05, 4.69) is 6.92 Å². The van der Waals surface area contributed by atoms with Crippen molar-refractivity contribution >= 4 is 17.5 Å². The van der Waals surface area contributed by atoms with Crippen LogP contribution in [0.5, 0.6) is 0 Å². The Bertz CT molecular complexity index is 773. The molecule has 3 rings (SSSR count). The number of para-hydroxylation sites is 1. The molecule has 0 aromatic heterocycles. The van der Waals surface area contributed by atoms with E-state index in [4.69, 9.17) is 0 Å². The quantitative estimate of drug-likeness (QED) is 0.821. The molecule has 1 heterocycles. The summed E-state index contributed by atoms with van der Waals surface area (Å²) in [6, 6.07) is 16.9. The van der Waals surface area contributed by atoms with Gasteiger partial charge in [0.25, 0.3) is 11.8 Å². The molecule has 1 fully saturated rings. The predicted octanol–water partition coefficient (Wildman–Crippen LogP) is 4.37. The zero-order valence-corrected chi connectivity index (χ0v) is 15.5. The molecule has 0 N–H and O–H groups in total. The van der Waals surface area contributed by atoms with E-state index in [1.165, 1.54) is 6.42 Å². The number of carbonyl (C=O) groups excluding carboxylic acids is 2. The molecule has 2 aromatic rings. The van der Waals surface area contributed by atoms with Crippen molar-refractivity contribution in [3.8, 4) is 0 Å². The Balaban J connectivity index is 1.81. The van der Waals surface area contributed by atoms with Crippen molar-refractivity contribution in [2.75, 3.05) is 18.5 Å². The lowest BCUT2D eigenvalue weighted by molar-refractivity contribution is 0.0608. The smallest absolute Gasteiger partial charge is 0.258 e. The number of hydrogen-bond acceptors (Lipinski definition) is 2. The van der Waals surface area contributed by atoms with Gasteiger partial charge in [0.1, 0.15) is 0 Å². The van der Waals surface area contributed by atoms with E-state index < -0.39 is 0 Å². The van der Waals surface area contributed by atoms with E-state index in [9.17, 15) is 9.59 Å². The van der Waals surface area contributed by atoms with Crippen LogP contribution in [0.15, 0.2) is 54.6 Å². The van der Waals surface area contributed by atoms with Gasteiger partial charge in [-0.25, -0.2) is 0 Å². The minimum Gasteiger partial charge on any atom is -0.336 e. The maximum absolute atomic E-state index is 13.0. The lowest BCUT2D eigenvalue weighted by Crippen LogP contribution is -2.43. The second kappa shape index (κ2) is 8.17. The highest BCUT2D eigenvalue weighted by atomic mass is 16.2. The number of likely N-dealkylation sites (tertiary alicyclic amines) is 1. The van der Waals surface area contributed by atoms with Crippen LogP contribution in [0.3, 0.4) is 0 Å². The zero-order valence-electron chi connectivity index (χ0n) is 15.5. The summed E-state index contributed by atoms with van der Waals surface area (Å²) in [6.45, 7) is 2.93. The van der Waals surface area contributed by atoms with Crippen LogP contribution in [0, 0.1) is 0 Å². The number of carbonyl (C=O) groups is 2. The van der Waals surface area contributed by atoms with Crippen molar-refractivity contribution in [2.45, 2.75) is 38.6 Å². The van der Waals surface area contributed by atoms with Crippen LogP contribution in [0.25, 0.3) is 0 Å². The first kappa shape index (κ1) is 18.2. The van der Waals surface area contributed by atoms with Gasteiger partial charge in [-0.2, -0.15) is 0 Å². The number of amides is 2. The first-order valence-electron chi connectivity index (χ1n) is 9.36. The van der Waals surface area contributed by atoms with Crippen LogP contribution in [-0.4, -0.2) is 36.3 Å². The van der Waals surface area contributed by atoms with Crippen LogP contribution < -0.4 is 4.90 Å². The van der Waals surface area contributed by atoms with Crippen LogP contribution in [0.2, 0.25) is 0 Å². The number of nitrogens with zero attached hydrogens (tertiary/aromatic N) is 2. The summed E-state index contributed by atoms with van der Waals surface area (Å²) in [6.07, 6.45) is 4.28. The summed E-state index contributed by atoms with van der Waals surface area (Å²) in [5, 5.41) is 0. The molecule has 2 amide bonds. The highest BCUT2D eigenvalue weighted by Gasteiger charge is 2.26. The molecule has 0 radical (unpaired) electrons. The van der Waals surface area contributed by atoms with Crippen molar-refractivity contribution in [1.29, 1.82) is 0 Å². The van der Waals surface area contributed by atoms with E-state index in [-0.39, 0.29) is 11.8 Å². The molecule has 1 atom stereocenters. The molecule has 1 saturated heterocycles. The van der Waals surface area contributed by atoms with E-state index in [1.54, 1.807) is 30.1 Å². The molecular formula is C22H26N2O2. The van der Waals surface area contributed by atoms with Crippen molar-refractivity contribution in [1.82, 2.24) is 4.90 Å². The van der Waals surface area contributed by atoms with Gasteiger partial charge in [-0.1, -0.05) is 31.2 Å². The van der Waals surface area contributed by atoms with E-state index in [0.717, 1.165) is 31.5 Å². The van der Waals surface area contributed by atoms with E-state index >= 15 is 0 Å². The Morgan fingerprint density at radius 3 is 2.50 bits per heavy atom. The van der Waals surface area contributed by atoms with Crippen molar-refractivity contribution in [3.63, 3.8) is 0 Å². The maximum atomic E-state index is 13.0. The van der Waals surface area contributed by atoms with Gasteiger partial charge in [0.05, 0.1) is 0 Å². The average Bonchev–Trinajstić information content (AvgIpc) is 2.72. The molecule has 1 aliphatic rings. The number of rotatable bonds is 4. The maximum Gasteiger partial charge on any atom is 0.258 e. The minimum atomic E-state index is -0.114. The molecular weight excluding hydrogens is 324 g/mol. The summed E-state index contributed by atoms with van der Waals surface area (Å²) in [5.41, 5.74) is 1.96. The van der Waals surface area contributed by atoms with Gasteiger partial charge < -0.3 is 9.80 Å². The summed E-state index contributed by atoms with van der Waals surface area (Å²) >= 11 is 0. The van der Waals surface area contributed by atoms with Crippen molar-refractivity contribution in [3.05, 3.63) is 65.7 Å². The fraction of sp³-hybridized carbons (Fsp3) is 0.364. The first-order chi connectivity index (χ1) is 12.6. The van der Waals surface area contributed by atoms with E-state index in [1.807, 2.05) is 41.3 Å². The van der Waals surface area contributed by atoms with Gasteiger partial charge in [-0.15, -0.1) is 0 Å². The third-order valence-corrected chi connectivity index (χ3v) is 5.16. The number of hydrogen-bond donors (Lipinski definition) is 0. The zero-order chi connectivity index (χ0) is 18.5. The summed E-state index contributed by atoms with van der Waals surface area (Å²) in [5.74, 6) is -0.0786. The fourth-order valence-electron chi connectivity index (χ4n) is 3.61. The standard InChI is InChI=1S/C22H26N2O2/c1-3-19-12-7-8-15-24(19)22(26)18-11-9-10-17(16-18)21(25)23(2)20-13-5-4-6-14-20/h4-6,9-11,13-14,16,19H,3,7-8,12,15H2,1-2H3. The second-order valence-corrected chi connectivity index (χ2v) is 6.84. The molecule has 4 heteroatoms. The summed E-state index contributed by atoms with van der Waals surface area (Å²) in [7, 11) is 1.75. The Kier molecular flexibility index (Phi) is 5.71. The van der Waals surface area contributed by atoms with E-state index in [0.29, 0.717) is 17.2 Å². The molecule has 1 aliphatic heterocycles. The third kappa shape index (κ3) is 3.79. The summed E-state index contributed by atoms with van der Waals surface area (Å²) < 4.78 is 0. The number of benzene rings is 2. The highest BCUT2D eigenvalue weighted by molar-refractivity contribution is 6.07. The average molecular weight is 350 g/mol. The van der Waals surface area contributed by atoms with Crippen molar-refractivity contribution in [2.24, 2.45) is 0 Å². The molecule has 0 spiro atoms. The van der Waals surface area contributed by atoms with Gasteiger partial charge in [-0.3, -0.25) is 9.59 Å². The van der Waals surface area contributed by atoms with Crippen molar-refractivity contribution < 1.29 is 9.59 Å². The van der Waals surface area contributed by atoms with Crippen LogP contribution in [-0.2, 0) is 0 Å². The van der Waals surface area contributed by atoms with Crippen LogP contribution >= 0.6 is 0 Å². The molecule has 0 aliphatic carbocycles. The SMILES string of the molecule is CCC1CCCCN1C(=O)c1cccc(C(=O)N(C)c2ccccc2)c1. The monoisotopic (exact) mass is 350 g/mol. The topological polar surface area (TPSA) is 40.6 Å². The molecule has 2 aromatic carbocycles. The van der Waals surface area contributed by atoms with Gasteiger partial charge in [0.15, 0.2) is 0 Å². The van der Waals surface area contributed by atoms with Crippen LogP contribution in [0.4, 0.5) is 5.69 Å². The molecule has 26 heavy (non-hydrogen) atoms. The normalized spacial score (nSPS) is 17.0. The molecule has 0 bridgehead atoms. The second-order valence-electron chi connectivity index (χ2n) is 6.84. The lowest BCUT2D eigenvalue weighted by Gasteiger charge is -2.35. The lowest BCUT2D eigenvalue weighted by atomic mass is 9.98. The highest BCUT2D eigenvalue weighted by Crippen LogP contribution is 2.23. The number of piperidine rings is 1. The van der Waals surface area contributed by atoms with Gasteiger partial charge in [-0.05, 0) is 56.0 Å². The van der Waals surface area contributed by atoms with Gasteiger partial charge in [0.2, 0.25) is 0 Å². The minimum absolute atomic E-state index is 0.0357. The Morgan fingerprint density at radius 1 is 1.04 bits per heavy atom. The Labute approximate surface area is 155 Å².